The molecule has 0 aliphatic heterocycles. The number of rotatable bonds is 6. The number of ether oxygens (including phenoxy) is 1. The number of thioether (sulfide) groups is 1. The standard InChI is InChI=1S/C23H22N4O3S/c1-14-11-16(3)17(12-15(14)2)19(28)13-31-23-25-24-21-22(29)26(9-10-27(21)23)18-7-5-6-8-20(18)30-4/h5-12H,13H2,1-4H3. The highest BCUT2D eigenvalue weighted by Gasteiger charge is 2.16. The van der Waals surface area contributed by atoms with Gasteiger partial charge < -0.3 is 4.74 Å². The Hall–Kier alpha value is -3.39. The second-order valence-electron chi connectivity index (χ2n) is 7.28. The first-order valence-corrected chi connectivity index (χ1v) is 10.7. The number of benzene rings is 2. The number of carbonyl (C=O) groups excluding carboxylic acids is 1. The van der Waals surface area contributed by atoms with Crippen molar-refractivity contribution in [1.29, 1.82) is 0 Å². The van der Waals surface area contributed by atoms with Gasteiger partial charge in [-0.15, -0.1) is 10.2 Å². The number of ketones is 1. The van der Waals surface area contributed by atoms with Crippen LogP contribution in [0.25, 0.3) is 11.3 Å². The van der Waals surface area contributed by atoms with Gasteiger partial charge in [0.05, 0.1) is 18.6 Å². The monoisotopic (exact) mass is 434 g/mol. The minimum atomic E-state index is -0.317. The molecule has 0 spiro atoms. The molecule has 2 aromatic carbocycles. The van der Waals surface area contributed by atoms with Crippen molar-refractivity contribution in [1.82, 2.24) is 19.2 Å². The predicted octanol–water partition coefficient (Wildman–Crippen LogP) is 3.79. The van der Waals surface area contributed by atoms with E-state index in [1.165, 1.54) is 16.3 Å². The second kappa shape index (κ2) is 8.39. The molecule has 0 amide bonds. The predicted molar refractivity (Wildman–Crippen MR) is 121 cm³/mol. The molecule has 0 aliphatic carbocycles. The van der Waals surface area contributed by atoms with E-state index in [1.807, 2.05) is 45.0 Å². The van der Waals surface area contributed by atoms with Gasteiger partial charge in [0.1, 0.15) is 5.75 Å². The molecule has 4 aromatic rings. The van der Waals surface area contributed by atoms with Crippen molar-refractivity contribution in [2.75, 3.05) is 12.9 Å². The highest BCUT2D eigenvalue weighted by atomic mass is 32.2. The highest BCUT2D eigenvalue weighted by Crippen LogP contribution is 2.23. The number of methoxy groups -OCH3 is 1. The van der Waals surface area contributed by atoms with Crippen LogP contribution in [0.3, 0.4) is 0 Å². The third-order valence-corrected chi connectivity index (χ3v) is 6.20. The van der Waals surface area contributed by atoms with Gasteiger partial charge in [0.15, 0.2) is 10.9 Å². The quantitative estimate of drug-likeness (QED) is 0.339. The fourth-order valence-electron chi connectivity index (χ4n) is 3.45. The van der Waals surface area contributed by atoms with Crippen LogP contribution in [0.15, 0.2) is 58.7 Å². The maximum absolute atomic E-state index is 13.0. The number of Topliss-reactive ketones (excluding diaryl/α,β-unsaturated/α-hetero) is 1. The van der Waals surface area contributed by atoms with Gasteiger partial charge in [-0.05, 0) is 55.7 Å². The molecule has 31 heavy (non-hydrogen) atoms. The summed E-state index contributed by atoms with van der Waals surface area (Å²) in [6.45, 7) is 5.97. The summed E-state index contributed by atoms with van der Waals surface area (Å²) in [4.78, 5) is 25.8. The van der Waals surface area contributed by atoms with Crippen molar-refractivity contribution >= 4 is 23.2 Å². The highest BCUT2D eigenvalue weighted by molar-refractivity contribution is 7.99. The van der Waals surface area contributed by atoms with Crippen LogP contribution in [-0.2, 0) is 0 Å². The van der Waals surface area contributed by atoms with E-state index in [0.717, 1.165) is 16.7 Å². The van der Waals surface area contributed by atoms with Crippen molar-refractivity contribution in [3.8, 4) is 11.4 Å². The molecule has 0 bridgehead atoms. The lowest BCUT2D eigenvalue weighted by atomic mass is 9.99. The molecular formula is C23H22N4O3S. The van der Waals surface area contributed by atoms with E-state index >= 15 is 0 Å². The summed E-state index contributed by atoms with van der Waals surface area (Å²) < 4.78 is 8.44. The van der Waals surface area contributed by atoms with Crippen molar-refractivity contribution in [2.45, 2.75) is 25.9 Å². The Morgan fingerprint density at radius 1 is 1.03 bits per heavy atom. The second-order valence-corrected chi connectivity index (χ2v) is 8.23. The molecule has 2 aromatic heterocycles. The van der Waals surface area contributed by atoms with Gasteiger partial charge in [-0.1, -0.05) is 30.0 Å². The van der Waals surface area contributed by atoms with Gasteiger partial charge in [-0.25, -0.2) is 0 Å². The summed E-state index contributed by atoms with van der Waals surface area (Å²) in [6.07, 6.45) is 3.37. The Morgan fingerprint density at radius 2 is 1.77 bits per heavy atom. The molecule has 0 saturated heterocycles. The number of fused-ring (bicyclic) bond motifs is 1. The number of hydrogen-bond donors (Lipinski definition) is 0. The molecule has 8 heteroatoms. The lowest BCUT2D eigenvalue weighted by Crippen LogP contribution is -2.20. The van der Waals surface area contributed by atoms with Crippen LogP contribution in [0.5, 0.6) is 5.75 Å². The van der Waals surface area contributed by atoms with Gasteiger partial charge in [0.2, 0.25) is 5.65 Å². The topological polar surface area (TPSA) is 78.5 Å². The zero-order chi connectivity index (χ0) is 22.1. The summed E-state index contributed by atoms with van der Waals surface area (Å²) >= 11 is 1.26. The molecule has 0 radical (unpaired) electrons. The molecular weight excluding hydrogens is 412 g/mol. The molecule has 0 saturated carbocycles. The maximum Gasteiger partial charge on any atom is 0.300 e. The first-order chi connectivity index (χ1) is 14.9. The maximum atomic E-state index is 13.0. The summed E-state index contributed by atoms with van der Waals surface area (Å²) in [7, 11) is 1.56. The fraction of sp³-hybridized carbons (Fsp3) is 0.217. The van der Waals surface area contributed by atoms with Crippen LogP contribution in [0.1, 0.15) is 27.0 Å². The molecule has 7 nitrogen and oxygen atoms in total. The largest absolute Gasteiger partial charge is 0.495 e. The molecule has 0 fully saturated rings. The number of nitrogens with zero attached hydrogens (tertiary/aromatic N) is 4. The Morgan fingerprint density at radius 3 is 2.55 bits per heavy atom. The smallest absolute Gasteiger partial charge is 0.300 e. The number of hydrogen-bond acceptors (Lipinski definition) is 6. The number of aromatic nitrogens is 4. The molecule has 4 rings (SSSR count). The van der Waals surface area contributed by atoms with E-state index in [1.54, 1.807) is 36.0 Å². The van der Waals surface area contributed by atoms with E-state index in [0.29, 0.717) is 22.2 Å². The third kappa shape index (κ3) is 3.86. The van der Waals surface area contributed by atoms with Crippen LogP contribution in [0, 0.1) is 20.8 Å². The summed E-state index contributed by atoms with van der Waals surface area (Å²) in [5.74, 6) is 0.807. The van der Waals surface area contributed by atoms with Gasteiger partial charge in [0.25, 0.3) is 0 Å². The Balaban J connectivity index is 1.62. The van der Waals surface area contributed by atoms with Crippen molar-refractivity contribution in [2.24, 2.45) is 0 Å². The van der Waals surface area contributed by atoms with Crippen LogP contribution in [-0.4, -0.2) is 37.8 Å². The number of para-hydroxylation sites is 2. The van der Waals surface area contributed by atoms with Crippen molar-refractivity contribution in [3.63, 3.8) is 0 Å². The van der Waals surface area contributed by atoms with Crippen LogP contribution in [0.4, 0.5) is 0 Å². The van der Waals surface area contributed by atoms with E-state index in [2.05, 4.69) is 10.2 Å². The number of carbonyl (C=O) groups is 1. The molecule has 0 atom stereocenters. The summed E-state index contributed by atoms with van der Waals surface area (Å²) in [6, 6.07) is 11.2. The van der Waals surface area contributed by atoms with E-state index < -0.39 is 0 Å². The fourth-order valence-corrected chi connectivity index (χ4v) is 4.25. The van der Waals surface area contributed by atoms with Gasteiger partial charge >= 0.3 is 5.56 Å². The molecule has 0 aliphatic rings. The molecule has 0 N–H and O–H groups in total. The number of aryl methyl sites for hydroxylation is 3. The van der Waals surface area contributed by atoms with E-state index in [4.69, 9.17) is 4.74 Å². The van der Waals surface area contributed by atoms with Crippen LogP contribution in [0.2, 0.25) is 0 Å². The Labute approximate surface area is 183 Å². The van der Waals surface area contributed by atoms with Crippen LogP contribution >= 0.6 is 11.8 Å². The molecule has 158 valence electrons. The zero-order valence-corrected chi connectivity index (χ0v) is 18.6. The zero-order valence-electron chi connectivity index (χ0n) is 17.7. The minimum absolute atomic E-state index is 0.0183. The van der Waals surface area contributed by atoms with Gasteiger partial charge in [-0.2, -0.15) is 0 Å². The minimum Gasteiger partial charge on any atom is -0.495 e. The lowest BCUT2D eigenvalue weighted by molar-refractivity contribution is 0.102. The van der Waals surface area contributed by atoms with Gasteiger partial charge in [-0.3, -0.25) is 18.6 Å². The van der Waals surface area contributed by atoms with E-state index in [9.17, 15) is 9.59 Å². The summed E-state index contributed by atoms with van der Waals surface area (Å²) in [5.41, 5.74) is 4.41. The Bertz CT molecular complexity index is 1360. The van der Waals surface area contributed by atoms with E-state index in [-0.39, 0.29) is 22.7 Å². The summed E-state index contributed by atoms with van der Waals surface area (Å²) in [5, 5.41) is 8.69. The lowest BCUT2D eigenvalue weighted by Gasteiger charge is -2.10. The first-order valence-electron chi connectivity index (χ1n) is 9.74. The van der Waals surface area contributed by atoms with Crippen molar-refractivity contribution in [3.05, 3.63) is 81.4 Å². The van der Waals surface area contributed by atoms with Gasteiger partial charge in [0, 0.05) is 18.0 Å². The molecule has 0 unspecified atom stereocenters. The SMILES string of the molecule is COc1ccccc1-n1ccn2c(SCC(=O)c3cc(C)c(C)cc3C)nnc2c1=O. The average molecular weight is 435 g/mol. The third-order valence-electron chi connectivity index (χ3n) is 5.26. The average Bonchev–Trinajstić information content (AvgIpc) is 3.19. The van der Waals surface area contributed by atoms with Crippen molar-refractivity contribution < 1.29 is 9.53 Å². The Kier molecular flexibility index (Phi) is 5.65. The molecule has 2 heterocycles. The first kappa shape index (κ1) is 20.9. The van der Waals surface area contributed by atoms with Crippen LogP contribution < -0.4 is 10.3 Å². The normalized spacial score (nSPS) is 11.1.